The maximum Gasteiger partial charge on any atom is 0.223 e. The number of methoxy groups -OCH3 is 1. The molecule has 0 bridgehead atoms. The molecule has 5 heteroatoms. The zero-order chi connectivity index (χ0) is 20.2. The predicted molar refractivity (Wildman–Crippen MR) is 108 cm³/mol. The van der Waals surface area contributed by atoms with Crippen LogP contribution in [-0.2, 0) is 27.4 Å². The van der Waals surface area contributed by atoms with Crippen LogP contribution >= 0.6 is 0 Å². The maximum atomic E-state index is 12.3. The van der Waals surface area contributed by atoms with Crippen molar-refractivity contribution in [2.45, 2.75) is 64.0 Å². The summed E-state index contributed by atoms with van der Waals surface area (Å²) in [5.41, 5.74) is 2.03. The van der Waals surface area contributed by atoms with Crippen molar-refractivity contribution in [1.82, 2.24) is 4.90 Å². The van der Waals surface area contributed by atoms with Gasteiger partial charge in [0.1, 0.15) is 0 Å². The number of carbonyl (C=O) groups is 2. The molecule has 0 N–H and O–H groups in total. The highest BCUT2D eigenvalue weighted by Gasteiger charge is 2.28. The highest BCUT2D eigenvalue weighted by atomic mass is 16.5. The number of hydrogen-bond acceptors (Lipinski definition) is 4. The topological polar surface area (TPSA) is 70.4 Å². The number of ketones is 1. The summed E-state index contributed by atoms with van der Waals surface area (Å²) in [6.45, 7) is 1.27. The van der Waals surface area contributed by atoms with Crippen molar-refractivity contribution < 1.29 is 14.3 Å². The molecule has 1 heterocycles. The van der Waals surface area contributed by atoms with E-state index in [0.717, 1.165) is 49.8 Å². The summed E-state index contributed by atoms with van der Waals surface area (Å²) in [6.07, 6.45) is 9.73. The molecule has 1 saturated heterocycles. The lowest BCUT2D eigenvalue weighted by molar-refractivity contribution is -0.128. The van der Waals surface area contributed by atoms with Crippen molar-refractivity contribution in [2.24, 2.45) is 0 Å². The standard InChI is InChI=1S/C23H30N2O3/c1-28-18-20-9-7-8-19(16-20)17-22(26)12-10-21-11-13-23(27)25(21)15-6-4-2-3-5-14-24/h7-10,12,16,21H,2-6,11,13,15,17-18H2,1H3/t21-/m0/s1. The average Bonchev–Trinajstić information content (AvgIpc) is 3.03. The summed E-state index contributed by atoms with van der Waals surface area (Å²) in [7, 11) is 1.65. The second-order valence-electron chi connectivity index (χ2n) is 7.27. The number of hydrogen-bond donors (Lipinski definition) is 0. The minimum absolute atomic E-state index is 0.0235. The van der Waals surface area contributed by atoms with Gasteiger partial charge in [-0.1, -0.05) is 43.2 Å². The molecule has 150 valence electrons. The SMILES string of the molecule is COCc1cccc(CC(=O)C=C[C@H]2CCC(=O)N2CCCCCCC#N)c1. The fourth-order valence-electron chi connectivity index (χ4n) is 3.56. The normalized spacial score (nSPS) is 16.6. The number of likely N-dealkylation sites (tertiary alicyclic amines) is 1. The number of nitrogens with zero attached hydrogens (tertiary/aromatic N) is 2. The van der Waals surface area contributed by atoms with Gasteiger partial charge in [-0.3, -0.25) is 9.59 Å². The van der Waals surface area contributed by atoms with E-state index in [1.54, 1.807) is 13.2 Å². The van der Waals surface area contributed by atoms with Crippen LogP contribution in [0.25, 0.3) is 0 Å². The maximum absolute atomic E-state index is 12.3. The van der Waals surface area contributed by atoms with Gasteiger partial charge in [0.2, 0.25) is 5.91 Å². The van der Waals surface area contributed by atoms with E-state index in [9.17, 15) is 9.59 Å². The summed E-state index contributed by atoms with van der Waals surface area (Å²) in [5, 5.41) is 8.56. The Morgan fingerprint density at radius 2 is 2.07 bits per heavy atom. The van der Waals surface area contributed by atoms with Gasteiger partial charge in [-0.15, -0.1) is 0 Å². The van der Waals surface area contributed by atoms with Crippen LogP contribution in [0.4, 0.5) is 0 Å². The highest BCUT2D eigenvalue weighted by molar-refractivity contribution is 5.91. The molecular formula is C23H30N2O3. The number of carbonyl (C=O) groups excluding carboxylic acids is 2. The van der Waals surface area contributed by atoms with Crippen molar-refractivity contribution in [3.8, 4) is 6.07 Å². The van der Waals surface area contributed by atoms with Crippen LogP contribution in [-0.4, -0.2) is 36.3 Å². The molecule has 2 rings (SSSR count). The van der Waals surface area contributed by atoms with Crippen molar-refractivity contribution in [3.63, 3.8) is 0 Å². The van der Waals surface area contributed by atoms with Gasteiger partial charge in [0.05, 0.1) is 18.7 Å². The van der Waals surface area contributed by atoms with E-state index < -0.39 is 0 Å². The molecule has 0 unspecified atom stereocenters. The molecule has 0 aliphatic carbocycles. The van der Waals surface area contributed by atoms with Gasteiger partial charge in [-0.05, 0) is 36.5 Å². The Kier molecular flexibility index (Phi) is 9.44. The lowest BCUT2D eigenvalue weighted by Gasteiger charge is -2.22. The van der Waals surface area contributed by atoms with Crippen molar-refractivity contribution in [1.29, 1.82) is 5.26 Å². The van der Waals surface area contributed by atoms with E-state index in [0.29, 0.717) is 25.9 Å². The second kappa shape index (κ2) is 12.1. The Morgan fingerprint density at radius 3 is 2.86 bits per heavy atom. The number of rotatable bonds is 12. The third-order valence-electron chi connectivity index (χ3n) is 5.00. The summed E-state index contributed by atoms with van der Waals surface area (Å²) in [6, 6.07) is 10.0. The van der Waals surface area contributed by atoms with Gasteiger partial charge in [0, 0.05) is 32.9 Å². The van der Waals surface area contributed by atoms with E-state index in [4.69, 9.17) is 10.00 Å². The number of unbranched alkanes of at least 4 members (excludes halogenated alkanes) is 4. The van der Waals surface area contributed by atoms with Gasteiger partial charge in [-0.2, -0.15) is 5.26 Å². The van der Waals surface area contributed by atoms with Crippen LogP contribution in [0.15, 0.2) is 36.4 Å². The molecule has 28 heavy (non-hydrogen) atoms. The molecule has 1 amide bonds. The Balaban J connectivity index is 1.82. The molecule has 1 atom stereocenters. The summed E-state index contributed by atoms with van der Waals surface area (Å²) < 4.78 is 5.13. The number of amides is 1. The summed E-state index contributed by atoms with van der Waals surface area (Å²) in [5.74, 6) is 0.219. The number of nitriles is 1. The molecule has 1 fully saturated rings. The van der Waals surface area contributed by atoms with Gasteiger partial charge in [-0.25, -0.2) is 0 Å². The largest absolute Gasteiger partial charge is 0.380 e. The minimum Gasteiger partial charge on any atom is -0.380 e. The van der Waals surface area contributed by atoms with E-state index >= 15 is 0 Å². The van der Waals surface area contributed by atoms with Crippen LogP contribution in [0.1, 0.15) is 56.1 Å². The molecule has 1 aliphatic rings. The van der Waals surface area contributed by atoms with Gasteiger partial charge >= 0.3 is 0 Å². The van der Waals surface area contributed by atoms with Crippen LogP contribution in [0.3, 0.4) is 0 Å². The monoisotopic (exact) mass is 382 g/mol. The zero-order valence-electron chi connectivity index (χ0n) is 16.7. The van der Waals surface area contributed by atoms with E-state index in [1.807, 2.05) is 35.2 Å². The Morgan fingerprint density at radius 1 is 1.29 bits per heavy atom. The Bertz CT molecular complexity index is 721. The van der Waals surface area contributed by atoms with Crippen molar-refractivity contribution in [3.05, 3.63) is 47.5 Å². The van der Waals surface area contributed by atoms with E-state index in [-0.39, 0.29) is 17.7 Å². The number of benzene rings is 1. The Labute approximate surface area is 168 Å². The summed E-state index contributed by atoms with van der Waals surface area (Å²) >= 11 is 0. The summed E-state index contributed by atoms with van der Waals surface area (Å²) in [4.78, 5) is 26.4. The average molecular weight is 383 g/mol. The molecule has 0 spiro atoms. The van der Waals surface area contributed by atoms with Gasteiger partial charge < -0.3 is 9.64 Å². The molecule has 0 radical (unpaired) electrons. The van der Waals surface area contributed by atoms with Crippen LogP contribution in [0.5, 0.6) is 0 Å². The first-order valence-corrected chi connectivity index (χ1v) is 10.1. The third-order valence-corrected chi connectivity index (χ3v) is 5.00. The third kappa shape index (κ3) is 7.28. The molecule has 1 aliphatic heterocycles. The molecule has 0 aromatic heterocycles. The van der Waals surface area contributed by atoms with Crippen LogP contribution in [0, 0.1) is 11.3 Å². The zero-order valence-corrected chi connectivity index (χ0v) is 16.7. The smallest absolute Gasteiger partial charge is 0.223 e. The van der Waals surface area contributed by atoms with E-state index in [2.05, 4.69) is 6.07 Å². The lowest BCUT2D eigenvalue weighted by atomic mass is 10.0. The van der Waals surface area contributed by atoms with Crippen LogP contribution < -0.4 is 0 Å². The van der Waals surface area contributed by atoms with Crippen molar-refractivity contribution >= 4 is 11.7 Å². The Hall–Kier alpha value is -2.45. The number of allylic oxidation sites excluding steroid dienone is 1. The second-order valence-corrected chi connectivity index (χ2v) is 7.27. The van der Waals surface area contributed by atoms with Gasteiger partial charge in [0.15, 0.2) is 5.78 Å². The first-order chi connectivity index (χ1) is 13.6. The lowest BCUT2D eigenvalue weighted by Crippen LogP contribution is -2.32. The van der Waals surface area contributed by atoms with Crippen molar-refractivity contribution in [2.75, 3.05) is 13.7 Å². The first-order valence-electron chi connectivity index (χ1n) is 10.1. The minimum atomic E-state index is 0.0235. The quantitative estimate of drug-likeness (QED) is 0.405. The molecule has 1 aromatic rings. The van der Waals surface area contributed by atoms with Gasteiger partial charge in [0.25, 0.3) is 0 Å². The predicted octanol–water partition coefficient (Wildman–Crippen LogP) is 3.97. The molecule has 1 aromatic carbocycles. The highest BCUT2D eigenvalue weighted by Crippen LogP contribution is 2.21. The van der Waals surface area contributed by atoms with E-state index in [1.165, 1.54) is 0 Å². The number of ether oxygens (including phenoxy) is 1. The molecular weight excluding hydrogens is 352 g/mol. The molecule has 0 saturated carbocycles. The van der Waals surface area contributed by atoms with Crippen LogP contribution in [0.2, 0.25) is 0 Å². The first kappa shape index (κ1) is 21.8. The molecule has 5 nitrogen and oxygen atoms in total. The fraction of sp³-hybridized carbons (Fsp3) is 0.522. The fourth-order valence-corrected chi connectivity index (χ4v) is 3.56.